The molecule has 0 aliphatic carbocycles. The van der Waals surface area contributed by atoms with E-state index in [-0.39, 0.29) is 24.4 Å². The second kappa shape index (κ2) is 8.66. The zero-order chi connectivity index (χ0) is 19.2. The summed E-state index contributed by atoms with van der Waals surface area (Å²) >= 11 is 0. The van der Waals surface area contributed by atoms with Gasteiger partial charge in [0.1, 0.15) is 0 Å². The van der Waals surface area contributed by atoms with Crippen LogP contribution in [0.3, 0.4) is 0 Å². The van der Waals surface area contributed by atoms with Crippen molar-refractivity contribution in [2.75, 3.05) is 26.7 Å². The van der Waals surface area contributed by atoms with Gasteiger partial charge in [0.05, 0.1) is 6.54 Å². The van der Waals surface area contributed by atoms with Gasteiger partial charge in [-0.1, -0.05) is 35.5 Å². The Bertz CT molecular complexity index is 769. The standard InChI is InChI=1S/C19H25N5O3/c1-14-21-18(27-22-14)16-8-10-24(11-9-16)19(26)20-12-17(25)23(2)13-15-6-4-3-5-7-15/h3-7,16H,8-13H2,1-2H3,(H,20,26). The Morgan fingerprint density at radius 2 is 1.96 bits per heavy atom. The van der Waals surface area contributed by atoms with Crippen molar-refractivity contribution >= 4 is 11.9 Å². The van der Waals surface area contributed by atoms with Gasteiger partial charge in [-0.05, 0) is 25.3 Å². The minimum absolute atomic E-state index is 0.00898. The molecule has 3 amide bonds. The maximum Gasteiger partial charge on any atom is 0.317 e. The molecule has 0 spiro atoms. The van der Waals surface area contributed by atoms with E-state index >= 15 is 0 Å². The summed E-state index contributed by atoms with van der Waals surface area (Å²) in [5.74, 6) is 1.34. The van der Waals surface area contributed by atoms with E-state index in [1.54, 1.807) is 23.8 Å². The molecule has 1 aromatic heterocycles. The summed E-state index contributed by atoms with van der Waals surface area (Å²) in [5.41, 5.74) is 1.05. The lowest BCUT2D eigenvalue weighted by molar-refractivity contribution is -0.129. The number of hydrogen-bond acceptors (Lipinski definition) is 5. The smallest absolute Gasteiger partial charge is 0.317 e. The molecule has 2 aromatic rings. The van der Waals surface area contributed by atoms with Crippen molar-refractivity contribution in [1.82, 2.24) is 25.3 Å². The van der Waals surface area contributed by atoms with Gasteiger partial charge in [0.25, 0.3) is 0 Å². The second-order valence-electron chi connectivity index (χ2n) is 6.84. The van der Waals surface area contributed by atoms with Crippen molar-refractivity contribution in [3.05, 3.63) is 47.6 Å². The number of aryl methyl sites for hydroxylation is 1. The van der Waals surface area contributed by atoms with E-state index in [4.69, 9.17) is 4.52 Å². The van der Waals surface area contributed by atoms with E-state index in [0.717, 1.165) is 18.4 Å². The highest BCUT2D eigenvalue weighted by atomic mass is 16.5. The highest BCUT2D eigenvalue weighted by Gasteiger charge is 2.27. The van der Waals surface area contributed by atoms with Crippen molar-refractivity contribution in [2.24, 2.45) is 0 Å². The number of urea groups is 1. The summed E-state index contributed by atoms with van der Waals surface area (Å²) in [4.78, 5) is 32.2. The highest BCUT2D eigenvalue weighted by Crippen LogP contribution is 2.26. The average molecular weight is 371 g/mol. The van der Waals surface area contributed by atoms with E-state index in [0.29, 0.717) is 31.3 Å². The lowest BCUT2D eigenvalue weighted by Crippen LogP contribution is -2.47. The first-order chi connectivity index (χ1) is 13.0. The first-order valence-electron chi connectivity index (χ1n) is 9.14. The summed E-state index contributed by atoms with van der Waals surface area (Å²) < 4.78 is 5.22. The molecular weight excluding hydrogens is 346 g/mol. The summed E-state index contributed by atoms with van der Waals surface area (Å²) in [6.07, 6.45) is 1.55. The molecule has 0 radical (unpaired) electrons. The number of aromatic nitrogens is 2. The van der Waals surface area contributed by atoms with Crippen LogP contribution in [-0.2, 0) is 11.3 Å². The van der Waals surface area contributed by atoms with Gasteiger partial charge >= 0.3 is 6.03 Å². The Labute approximate surface area is 158 Å². The molecule has 1 aromatic carbocycles. The van der Waals surface area contributed by atoms with Crippen molar-refractivity contribution in [3.8, 4) is 0 Å². The molecule has 1 fully saturated rings. The molecule has 0 atom stereocenters. The van der Waals surface area contributed by atoms with Crippen LogP contribution in [0.15, 0.2) is 34.9 Å². The molecule has 3 rings (SSSR count). The van der Waals surface area contributed by atoms with Crippen LogP contribution in [0, 0.1) is 6.92 Å². The number of benzene rings is 1. The highest BCUT2D eigenvalue weighted by molar-refractivity contribution is 5.83. The van der Waals surface area contributed by atoms with E-state index in [1.807, 2.05) is 30.3 Å². The Morgan fingerprint density at radius 3 is 2.59 bits per heavy atom. The molecule has 0 bridgehead atoms. The van der Waals surface area contributed by atoms with Gasteiger partial charge in [-0.2, -0.15) is 4.98 Å². The molecule has 8 nitrogen and oxygen atoms in total. The third kappa shape index (κ3) is 5.06. The molecule has 144 valence electrons. The number of carbonyl (C=O) groups is 2. The maximum absolute atomic E-state index is 12.3. The van der Waals surface area contributed by atoms with Crippen molar-refractivity contribution < 1.29 is 14.1 Å². The van der Waals surface area contributed by atoms with E-state index in [2.05, 4.69) is 15.5 Å². The van der Waals surface area contributed by atoms with Gasteiger partial charge in [-0.3, -0.25) is 4.79 Å². The van der Waals surface area contributed by atoms with Crippen LogP contribution >= 0.6 is 0 Å². The van der Waals surface area contributed by atoms with Gasteiger partial charge in [-0.25, -0.2) is 4.79 Å². The number of nitrogens with one attached hydrogen (secondary N) is 1. The largest absolute Gasteiger partial charge is 0.340 e. The predicted molar refractivity (Wildman–Crippen MR) is 98.9 cm³/mol. The van der Waals surface area contributed by atoms with E-state index in [1.165, 1.54) is 0 Å². The third-order valence-corrected chi connectivity index (χ3v) is 4.75. The van der Waals surface area contributed by atoms with Crippen molar-refractivity contribution in [1.29, 1.82) is 0 Å². The van der Waals surface area contributed by atoms with Gasteiger partial charge in [0.2, 0.25) is 11.8 Å². The number of rotatable bonds is 5. The fourth-order valence-electron chi connectivity index (χ4n) is 3.15. The monoisotopic (exact) mass is 371 g/mol. The Morgan fingerprint density at radius 1 is 1.26 bits per heavy atom. The fraction of sp³-hybridized carbons (Fsp3) is 0.474. The third-order valence-electron chi connectivity index (χ3n) is 4.75. The van der Waals surface area contributed by atoms with Crippen LogP contribution in [0.5, 0.6) is 0 Å². The normalized spacial score (nSPS) is 14.8. The number of amides is 3. The van der Waals surface area contributed by atoms with Crippen LogP contribution in [0.2, 0.25) is 0 Å². The molecule has 27 heavy (non-hydrogen) atoms. The Hall–Kier alpha value is -2.90. The average Bonchev–Trinajstić information content (AvgIpc) is 3.13. The molecule has 0 saturated carbocycles. The Balaban J connectivity index is 1.41. The van der Waals surface area contributed by atoms with Crippen LogP contribution < -0.4 is 5.32 Å². The van der Waals surface area contributed by atoms with Crippen LogP contribution in [0.25, 0.3) is 0 Å². The van der Waals surface area contributed by atoms with Crippen molar-refractivity contribution in [2.45, 2.75) is 32.2 Å². The van der Waals surface area contributed by atoms with E-state index in [9.17, 15) is 9.59 Å². The van der Waals surface area contributed by atoms with Gasteiger partial charge in [0, 0.05) is 32.6 Å². The summed E-state index contributed by atoms with van der Waals surface area (Å²) in [7, 11) is 1.74. The molecule has 1 aliphatic heterocycles. The number of likely N-dealkylation sites (N-methyl/N-ethyl adjacent to an activating group) is 1. The quantitative estimate of drug-likeness (QED) is 0.867. The molecule has 1 aliphatic rings. The second-order valence-corrected chi connectivity index (χ2v) is 6.84. The minimum atomic E-state index is -0.211. The van der Waals surface area contributed by atoms with Crippen molar-refractivity contribution in [3.63, 3.8) is 0 Å². The first-order valence-corrected chi connectivity index (χ1v) is 9.14. The van der Waals surface area contributed by atoms with Gasteiger partial charge in [0.15, 0.2) is 5.82 Å². The topological polar surface area (TPSA) is 91.6 Å². The zero-order valence-electron chi connectivity index (χ0n) is 15.7. The summed E-state index contributed by atoms with van der Waals surface area (Å²) in [6, 6.07) is 9.54. The van der Waals surface area contributed by atoms with Gasteiger partial charge in [-0.15, -0.1) is 0 Å². The molecule has 8 heteroatoms. The van der Waals surface area contributed by atoms with Crippen LogP contribution in [0.1, 0.15) is 36.0 Å². The zero-order valence-corrected chi connectivity index (χ0v) is 15.7. The van der Waals surface area contributed by atoms with Crippen LogP contribution in [-0.4, -0.2) is 58.6 Å². The minimum Gasteiger partial charge on any atom is -0.340 e. The lowest BCUT2D eigenvalue weighted by Gasteiger charge is -2.30. The number of carbonyl (C=O) groups excluding carboxylic acids is 2. The fourth-order valence-corrected chi connectivity index (χ4v) is 3.15. The SMILES string of the molecule is Cc1noc(C2CCN(C(=O)NCC(=O)N(C)Cc3ccccc3)CC2)n1. The maximum atomic E-state index is 12.3. The number of nitrogens with zero attached hydrogens (tertiary/aromatic N) is 4. The lowest BCUT2D eigenvalue weighted by atomic mass is 9.97. The number of piperidine rings is 1. The molecular formula is C19H25N5O3. The molecule has 1 saturated heterocycles. The van der Waals surface area contributed by atoms with E-state index < -0.39 is 0 Å². The number of likely N-dealkylation sites (tertiary alicyclic amines) is 1. The molecule has 1 N–H and O–H groups in total. The summed E-state index contributed by atoms with van der Waals surface area (Å²) in [5, 5.41) is 6.54. The summed E-state index contributed by atoms with van der Waals surface area (Å²) in [6.45, 7) is 3.51. The molecule has 2 heterocycles. The van der Waals surface area contributed by atoms with Crippen LogP contribution in [0.4, 0.5) is 4.79 Å². The molecule has 0 unspecified atom stereocenters. The predicted octanol–water partition coefficient (Wildman–Crippen LogP) is 1.93. The number of hydrogen-bond donors (Lipinski definition) is 1. The van der Waals surface area contributed by atoms with Gasteiger partial charge < -0.3 is 19.6 Å². The first kappa shape index (κ1) is 18.9. The Kier molecular flexibility index (Phi) is 6.05.